The summed E-state index contributed by atoms with van der Waals surface area (Å²) < 4.78 is 16.4. The molecule has 4 rings (SSSR count). The van der Waals surface area contributed by atoms with Crippen LogP contribution >= 0.6 is 0 Å². The van der Waals surface area contributed by atoms with E-state index in [1.54, 1.807) is 36.5 Å². The predicted octanol–water partition coefficient (Wildman–Crippen LogP) is 6.33. The second-order valence-corrected chi connectivity index (χ2v) is 7.51. The summed E-state index contributed by atoms with van der Waals surface area (Å²) in [6, 6.07) is 22.2. The molecule has 0 atom stereocenters. The van der Waals surface area contributed by atoms with Crippen molar-refractivity contribution in [3.05, 3.63) is 95.2 Å². The van der Waals surface area contributed by atoms with E-state index in [4.69, 9.17) is 14.0 Å². The summed E-state index contributed by atoms with van der Waals surface area (Å²) >= 11 is 0. The number of nitrogens with zero attached hydrogens (tertiary/aromatic N) is 2. The van der Waals surface area contributed by atoms with Gasteiger partial charge < -0.3 is 14.0 Å². The number of hydrogen-bond donors (Lipinski definition) is 0. The zero-order chi connectivity index (χ0) is 23.2. The summed E-state index contributed by atoms with van der Waals surface area (Å²) in [6.45, 7) is 6.51. The Balaban J connectivity index is 1.43. The van der Waals surface area contributed by atoms with Crippen molar-refractivity contribution >= 4 is 17.9 Å². The van der Waals surface area contributed by atoms with Gasteiger partial charge in [0.15, 0.2) is 11.5 Å². The molecule has 0 fully saturated rings. The second-order valence-electron chi connectivity index (χ2n) is 7.51. The summed E-state index contributed by atoms with van der Waals surface area (Å²) in [5.41, 5.74) is 4.76. The zero-order valence-corrected chi connectivity index (χ0v) is 18.7. The van der Waals surface area contributed by atoms with Gasteiger partial charge >= 0.3 is 5.97 Å². The van der Waals surface area contributed by atoms with Crippen LogP contribution < -0.4 is 9.47 Å². The molecule has 6 heteroatoms. The minimum Gasteiger partial charge on any atom is -0.493 e. The van der Waals surface area contributed by atoms with Crippen molar-refractivity contribution in [2.24, 2.45) is 4.99 Å². The molecule has 0 saturated heterocycles. The first-order valence-corrected chi connectivity index (χ1v) is 10.7. The Bertz CT molecular complexity index is 1290. The summed E-state index contributed by atoms with van der Waals surface area (Å²) in [4.78, 5) is 17.0. The fourth-order valence-corrected chi connectivity index (χ4v) is 3.28. The average molecular weight is 440 g/mol. The van der Waals surface area contributed by atoms with Crippen LogP contribution in [0.5, 0.6) is 11.5 Å². The maximum Gasteiger partial charge on any atom is 0.365 e. The highest BCUT2D eigenvalue weighted by Crippen LogP contribution is 2.26. The molecule has 0 bridgehead atoms. The molecule has 0 radical (unpaired) electrons. The molecule has 0 aliphatic rings. The van der Waals surface area contributed by atoms with Crippen molar-refractivity contribution < 1.29 is 18.8 Å². The van der Waals surface area contributed by atoms with Gasteiger partial charge in [-0.25, -0.2) is 4.79 Å². The third kappa shape index (κ3) is 5.36. The Morgan fingerprint density at radius 1 is 1.03 bits per heavy atom. The maximum atomic E-state index is 12.5. The topological polar surface area (TPSA) is 73.9 Å². The second kappa shape index (κ2) is 9.96. The van der Waals surface area contributed by atoms with Crippen molar-refractivity contribution in [2.75, 3.05) is 6.61 Å². The zero-order valence-electron chi connectivity index (χ0n) is 18.7. The monoisotopic (exact) mass is 440 g/mol. The van der Waals surface area contributed by atoms with Gasteiger partial charge in [-0.05, 0) is 68.8 Å². The third-order valence-electron chi connectivity index (χ3n) is 5.00. The van der Waals surface area contributed by atoms with Crippen LogP contribution in [0.2, 0.25) is 0 Å². The Labute approximate surface area is 192 Å². The molecule has 0 aliphatic carbocycles. The Morgan fingerprint density at radius 2 is 1.82 bits per heavy atom. The van der Waals surface area contributed by atoms with Crippen LogP contribution in [-0.4, -0.2) is 23.9 Å². The van der Waals surface area contributed by atoms with E-state index in [-0.39, 0.29) is 5.69 Å². The van der Waals surface area contributed by atoms with Gasteiger partial charge in [0.1, 0.15) is 11.5 Å². The van der Waals surface area contributed by atoms with Gasteiger partial charge in [-0.2, -0.15) is 0 Å². The van der Waals surface area contributed by atoms with Crippen molar-refractivity contribution in [1.29, 1.82) is 0 Å². The van der Waals surface area contributed by atoms with Crippen LogP contribution in [0.4, 0.5) is 5.69 Å². The molecule has 6 nitrogen and oxygen atoms in total. The quantitative estimate of drug-likeness (QED) is 0.191. The lowest BCUT2D eigenvalue weighted by Crippen LogP contribution is -2.08. The molecule has 1 heterocycles. The van der Waals surface area contributed by atoms with Gasteiger partial charge in [-0.3, -0.25) is 4.99 Å². The molecule has 0 N–H and O–H groups in total. The molecule has 4 aromatic rings. The van der Waals surface area contributed by atoms with Crippen molar-refractivity contribution in [3.8, 4) is 22.8 Å². The number of ether oxygens (including phenoxy) is 2. The highest BCUT2D eigenvalue weighted by atomic mass is 16.5. The molecular weight excluding hydrogens is 416 g/mol. The molecule has 3 aromatic carbocycles. The number of rotatable bonds is 7. The van der Waals surface area contributed by atoms with Crippen molar-refractivity contribution in [2.45, 2.75) is 20.8 Å². The normalized spacial score (nSPS) is 11.0. The van der Waals surface area contributed by atoms with E-state index in [0.29, 0.717) is 18.1 Å². The molecule has 33 heavy (non-hydrogen) atoms. The highest BCUT2D eigenvalue weighted by molar-refractivity contribution is 5.90. The number of aryl methyl sites for hydroxylation is 2. The van der Waals surface area contributed by atoms with E-state index in [1.807, 2.05) is 63.2 Å². The van der Waals surface area contributed by atoms with Crippen molar-refractivity contribution in [1.82, 2.24) is 5.16 Å². The largest absolute Gasteiger partial charge is 0.493 e. The number of benzene rings is 3. The van der Waals surface area contributed by atoms with E-state index in [2.05, 4.69) is 10.1 Å². The van der Waals surface area contributed by atoms with Gasteiger partial charge in [-0.15, -0.1) is 0 Å². The van der Waals surface area contributed by atoms with E-state index in [9.17, 15) is 4.79 Å². The van der Waals surface area contributed by atoms with Crippen LogP contribution in [0.3, 0.4) is 0 Å². The number of para-hydroxylation sites is 1. The SMILES string of the molecule is CCOc1ccccc1C=Nc1ccc(OC(=O)c2cc(-c3cc(C)ccc3C)on2)cc1. The van der Waals surface area contributed by atoms with E-state index >= 15 is 0 Å². The molecule has 0 saturated carbocycles. The molecular formula is C27H24N2O4. The molecule has 0 unspecified atom stereocenters. The Hall–Kier alpha value is -4.19. The first-order valence-electron chi connectivity index (χ1n) is 10.7. The number of carbonyl (C=O) groups is 1. The summed E-state index contributed by atoms with van der Waals surface area (Å²) in [7, 11) is 0. The summed E-state index contributed by atoms with van der Waals surface area (Å²) in [5, 5.41) is 3.88. The third-order valence-corrected chi connectivity index (χ3v) is 5.00. The number of hydrogen-bond acceptors (Lipinski definition) is 6. The van der Waals surface area contributed by atoms with E-state index < -0.39 is 5.97 Å². The van der Waals surface area contributed by atoms with Crippen LogP contribution in [-0.2, 0) is 0 Å². The van der Waals surface area contributed by atoms with Crippen LogP contribution in [0, 0.1) is 13.8 Å². The fourth-order valence-electron chi connectivity index (χ4n) is 3.28. The smallest absolute Gasteiger partial charge is 0.365 e. The van der Waals surface area contributed by atoms with Gasteiger partial charge in [0.25, 0.3) is 0 Å². The minimum absolute atomic E-state index is 0.112. The average Bonchev–Trinajstić information content (AvgIpc) is 3.31. The van der Waals surface area contributed by atoms with E-state index in [1.165, 1.54) is 0 Å². The first kappa shape index (κ1) is 22.0. The van der Waals surface area contributed by atoms with E-state index in [0.717, 1.165) is 33.7 Å². The van der Waals surface area contributed by atoms with Gasteiger partial charge in [0.2, 0.25) is 0 Å². The fraction of sp³-hybridized carbons (Fsp3) is 0.148. The minimum atomic E-state index is -0.586. The summed E-state index contributed by atoms with van der Waals surface area (Å²) in [5.74, 6) is 1.12. The number of carbonyl (C=O) groups excluding carboxylic acids is 1. The Morgan fingerprint density at radius 3 is 2.61 bits per heavy atom. The maximum absolute atomic E-state index is 12.5. The standard InChI is InChI=1S/C27H24N2O4/c1-4-31-25-8-6-5-7-20(25)17-28-21-11-13-22(14-12-21)32-27(30)24-16-26(33-29-24)23-15-18(2)9-10-19(23)3/h5-17H,4H2,1-3H3. The molecule has 0 aliphatic heterocycles. The lowest BCUT2D eigenvalue weighted by Gasteiger charge is -2.06. The summed E-state index contributed by atoms with van der Waals surface area (Å²) in [6.07, 6.45) is 1.75. The lowest BCUT2D eigenvalue weighted by atomic mass is 10.0. The van der Waals surface area contributed by atoms with Crippen LogP contribution in [0.1, 0.15) is 34.1 Å². The lowest BCUT2D eigenvalue weighted by molar-refractivity contribution is 0.0724. The molecule has 1 aromatic heterocycles. The van der Waals surface area contributed by atoms with Crippen LogP contribution in [0.25, 0.3) is 11.3 Å². The molecule has 166 valence electrons. The van der Waals surface area contributed by atoms with Gasteiger partial charge in [0, 0.05) is 23.4 Å². The predicted molar refractivity (Wildman–Crippen MR) is 128 cm³/mol. The number of aliphatic imine (C=N–C) groups is 1. The number of aromatic nitrogens is 1. The van der Waals surface area contributed by atoms with Gasteiger partial charge in [0.05, 0.1) is 12.3 Å². The highest BCUT2D eigenvalue weighted by Gasteiger charge is 2.17. The first-order chi connectivity index (χ1) is 16.0. The number of esters is 1. The molecule has 0 amide bonds. The van der Waals surface area contributed by atoms with Crippen LogP contribution in [0.15, 0.2) is 82.3 Å². The Kier molecular flexibility index (Phi) is 6.64. The molecule has 0 spiro atoms. The van der Waals surface area contributed by atoms with Gasteiger partial charge in [-0.1, -0.05) is 35.0 Å². The van der Waals surface area contributed by atoms with Crippen molar-refractivity contribution in [3.63, 3.8) is 0 Å².